The second-order valence-electron chi connectivity index (χ2n) is 4.46. The van der Waals surface area contributed by atoms with E-state index in [1.807, 2.05) is 12.1 Å². The quantitative estimate of drug-likeness (QED) is 0.594. The molecule has 0 atom stereocenters. The molecular formula is C16H18NaO2P. The number of aryl methyl sites for hydroxylation is 2. The van der Waals surface area contributed by atoms with Crippen molar-refractivity contribution < 1.29 is 39.0 Å². The van der Waals surface area contributed by atoms with Crippen LogP contribution in [-0.4, -0.2) is 14.2 Å². The van der Waals surface area contributed by atoms with Crippen LogP contribution in [0.5, 0.6) is 11.5 Å². The van der Waals surface area contributed by atoms with Gasteiger partial charge in [0.05, 0.1) is 25.7 Å². The molecular weight excluding hydrogens is 278 g/mol. The van der Waals surface area contributed by atoms with Crippen molar-refractivity contribution >= 4 is 19.2 Å². The van der Waals surface area contributed by atoms with Gasteiger partial charge in [0, 0.05) is 0 Å². The minimum atomic E-state index is 0. The van der Waals surface area contributed by atoms with Crippen molar-refractivity contribution in [3.63, 3.8) is 0 Å². The predicted octanol–water partition coefficient (Wildman–Crippen LogP) is 0.222. The van der Waals surface area contributed by atoms with E-state index in [0.717, 1.165) is 30.7 Å². The Morgan fingerprint density at radius 3 is 1.50 bits per heavy atom. The molecule has 2 aromatic rings. The Bertz CT molecular complexity index is 533. The molecule has 0 aliphatic heterocycles. The minimum Gasteiger partial charge on any atom is -0.499 e. The summed E-state index contributed by atoms with van der Waals surface area (Å²) < 4.78 is 10.9. The number of rotatable bonds is 4. The van der Waals surface area contributed by atoms with E-state index in [4.69, 9.17) is 9.47 Å². The molecule has 2 nitrogen and oxygen atoms in total. The van der Waals surface area contributed by atoms with Crippen LogP contribution >= 0.6 is 8.58 Å². The Morgan fingerprint density at radius 1 is 0.750 bits per heavy atom. The van der Waals surface area contributed by atoms with Gasteiger partial charge in [0.1, 0.15) is 0 Å². The molecule has 0 fully saturated rings. The number of hydrogen-bond donors (Lipinski definition) is 0. The molecule has 0 N–H and O–H groups in total. The molecule has 2 aromatic carbocycles. The maximum absolute atomic E-state index is 5.43. The molecule has 0 heterocycles. The average Bonchev–Trinajstić information content (AvgIpc) is 2.39. The van der Waals surface area contributed by atoms with E-state index < -0.39 is 0 Å². The Morgan fingerprint density at radius 2 is 1.15 bits per heavy atom. The first-order chi connectivity index (χ1) is 9.13. The molecule has 0 aliphatic rings. The van der Waals surface area contributed by atoms with E-state index in [1.54, 1.807) is 14.2 Å². The number of ether oxygens (including phenoxy) is 2. The Labute approximate surface area is 145 Å². The van der Waals surface area contributed by atoms with Gasteiger partial charge in [-0.05, 0) is 26.0 Å². The molecule has 0 bridgehead atoms. The average molecular weight is 296 g/mol. The molecule has 0 spiro atoms. The van der Waals surface area contributed by atoms with E-state index in [-0.39, 0.29) is 29.6 Å². The summed E-state index contributed by atoms with van der Waals surface area (Å²) in [6, 6.07) is 12.5. The van der Waals surface area contributed by atoms with Gasteiger partial charge in [0.15, 0.2) is 0 Å². The summed E-state index contributed by atoms with van der Waals surface area (Å²) in [5.41, 5.74) is 2.46. The topological polar surface area (TPSA) is 18.5 Å². The Balaban J connectivity index is 0.00000200. The van der Waals surface area contributed by atoms with E-state index in [2.05, 4.69) is 38.1 Å². The predicted molar refractivity (Wildman–Crippen MR) is 81.7 cm³/mol. The second kappa shape index (κ2) is 8.05. The van der Waals surface area contributed by atoms with E-state index in [9.17, 15) is 0 Å². The van der Waals surface area contributed by atoms with E-state index in [1.165, 1.54) is 11.1 Å². The number of hydrogen-bond acceptors (Lipinski definition) is 2. The van der Waals surface area contributed by atoms with Crippen LogP contribution < -0.4 is 49.6 Å². The summed E-state index contributed by atoms with van der Waals surface area (Å²) in [6.45, 7) is 4.18. The fourth-order valence-corrected chi connectivity index (χ4v) is 3.25. The van der Waals surface area contributed by atoms with Crippen molar-refractivity contribution in [1.29, 1.82) is 0 Å². The van der Waals surface area contributed by atoms with Crippen molar-refractivity contribution in [1.82, 2.24) is 0 Å². The van der Waals surface area contributed by atoms with Crippen LogP contribution in [0.1, 0.15) is 11.1 Å². The van der Waals surface area contributed by atoms with Gasteiger partial charge in [0.2, 0.25) is 0 Å². The fraction of sp³-hybridized carbons (Fsp3) is 0.250. The van der Waals surface area contributed by atoms with Crippen LogP contribution in [0, 0.1) is 13.8 Å². The first-order valence-corrected chi connectivity index (χ1v) is 7.04. The first kappa shape index (κ1) is 17.5. The third kappa shape index (κ3) is 4.23. The van der Waals surface area contributed by atoms with Gasteiger partial charge in [-0.15, -0.1) is 0 Å². The first-order valence-electron chi connectivity index (χ1n) is 6.15. The zero-order chi connectivity index (χ0) is 13.8. The summed E-state index contributed by atoms with van der Waals surface area (Å²) in [7, 11) is 4.51. The van der Waals surface area contributed by atoms with Gasteiger partial charge < -0.3 is 18.1 Å². The zero-order valence-corrected chi connectivity index (χ0v) is 15.6. The zero-order valence-electron chi connectivity index (χ0n) is 12.7. The Hall–Kier alpha value is -0.530. The van der Waals surface area contributed by atoms with Crippen LogP contribution in [0.2, 0.25) is 0 Å². The normalized spacial score (nSPS) is 9.80. The molecule has 100 valence electrons. The van der Waals surface area contributed by atoms with Crippen molar-refractivity contribution in [3.05, 3.63) is 47.5 Å². The van der Waals surface area contributed by atoms with Crippen molar-refractivity contribution in [2.45, 2.75) is 13.8 Å². The van der Waals surface area contributed by atoms with Crippen molar-refractivity contribution in [2.75, 3.05) is 14.2 Å². The smallest absolute Gasteiger partial charge is 0.499 e. The van der Waals surface area contributed by atoms with Gasteiger partial charge in [0.25, 0.3) is 0 Å². The molecule has 0 aromatic heterocycles. The molecule has 0 amide bonds. The second-order valence-corrected chi connectivity index (χ2v) is 5.65. The number of benzene rings is 2. The minimum absolute atomic E-state index is 0. The van der Waals surface area contributed by atoms with Crippen LogP contribution in [0.15, 0.2) is 36.4 Å². The largest absolute Gasteiger partial charge is 1.00 e. The monoisotopic (exact) mass is 296 g/mol. The van der Waals surface area contributed by atoms with E-state index in [0.29, 0.717) is 0 Å². The summed E-state index contributed by atoms with van der Waals surface area (Å²) in [6.07, 6.45) is 0. The van der Waals surface area contributed by atoms with Crippen LogP contribution in [0.3, 0.4) is 0 Å². The third-order valence-electron chi connectivity index (χ3n) is 2.91. The number of methoxy groups -OCH3 is 2. The summed E-state index contributed by atoms with van der Waals surface area (Å²) in [5, 5.41) is 2.32. The van der Waals surface area contributed by atoms with Crippen LogP contribution in [0.4, 0.5) is 0 Å². The Kier molecular flexibility index (Phi) is 7.05. The molecule has 0 unspecified atom stereocenters. The molecule has 0 saturated carbocycles. The maximum Gasteiger partial charge on any atom is 1.00 e. The SMILES string of the molecule is COc1ccc(C)cc1[P-]c1cc(C)ccc1OC.[Na+]. The standard InChI is InChI=1S/C16H18O2P.Na/c1-11-5-7-13(17-3)15(9-11)19-16-10-12(2)6-8-14(16)18-4;/h5-10H,1-4H3;/q-1;+1. The molecule has 0 saturated heterocycles. The molecule has 0 aliphatic carbocycles. The van der Waals surface area contributed by atoms with Gasteiger partial charge in [-0.3, -0.25) is 0 Å². The molecule has 0 radical (unpaired) electrons. The molecule has 2 rings (SSSR count). The van der Waals surface area contributed by atoms with Gasteiger partial charge in [-0.25, -0.2) is 0 Å². The summed E-state index contributed by atoms with van der Waals surface area (Å²) >= 11 is 0. The third-order valence-corrected chi connectivity index (χ3v) is 4.09. The molecule has 4 heteroatoms. The van der Waals surface area contributed by atoms with Gasteiger partial charge in [-0.1, -0.05) is 35.4 Å². The van der Waals surface area contributed by atoms with Crippen LogP contribution in [0.25, 0.3) is 0 Å². The van der Waals surface area contributed by atoms with Gasteiger partial charge >= 0.3 is 29.6 Å². The maximum atomic E-state index is 5.43. The molecule has 20 heavy (non-hydrogen) atoms. The van der Waals surface area contributed by atoms with Crippen molar-refractivity contribution in [3.8, 4) is 11.5 Å². The fourth-order valence-electron chi connectivity index (χ4n) is 1.90. The van der Waals surface area contributed by atoms with Crippen LogP contribution in [-0.2, 0) is 0 Å². The van der Waals surface area contributed by atoms with E-state index >= 15 is 0 Å². The summed E-state index contributed by atoms with van der Waals surface area (Å²) in [4.78, 5) is 0. The van der Waals surface area contributed by atoms with Gasteiger partial charge in [-0.2, -0.15) is 10.6 Å². The van der Waals surface area contributed by atoms with Crippen molar-refractivity contribution in [2.24, 2.45) is 0 Å². The summed E-state index contributed by atoms with van der Waals surface area (Å²) in [5.74, 6) is 1.83.